The summed E-state index contributed by atoms with van der Waals surface area (Å²) in [5, 5.41) is 2.69. The smallest absolute Gasteiger partial charge is 0.253 e. The summed E-state index contributed by atoms with van der Waals surface area (Å²) in [6, 6.07) is 15.5. The van der Waals surface area contributed by atoms with E-state index in [0.717, 1.165) is 22.4 Å². The third kappa shape index (κ3) is 3.43. The summed E-state index contributed by atoms with van der Waals surface area (Å²) < 4.78 is 0. The predicted octanol–water partition coefficient (Wildman–Crippen LogP) is 2.83. The number of piperidine rings is 1. The molecular weight excluding hydrogens is 340 g/mol. The summed E-state index contributed by atoms with van der Waals surface area (Å²) >= 11 is 0. The van der Waals surface area contributed by atoms with E-state index in [1.54, 1.807) is 7.05 Å². The Labute approximate surface area is 157 Å². The first-order valence-electron chi connectivity index (χ1n) is 9.22. The molecule has 138 valence electrons. The van der Waals surface area contributed by atoms with Crippen LogP contribution in [0.4, 0.5) is 0 Å². The van der Waals surface area contributed by atoms with E-state index in [9.17, 15) is 9.59 Å². The Morgan fingerprint density at radius 2 is 1.85 bits per heavy atom. The van der Waals surface area contributed by atoms with Crippen molar-refractivity contribution in [2.24, 2.45) is 5.92 Å². The largest absolute Gasteiger partial charge is 0.359 e. The van der Waals surface area contributed by atoms with E-state index in [-0.39, 0.29) is 17.7 Å². The second-order valence-corrected chi connectivity index (χ2v) is 6.86. The number of hydrogen-bond acceptors (Lipinski definition) is 3. The van der Waals surface area contributed by atoms with Crippen molar-refractivity contribution in [2.75, 3.05) is 20.1 Å². The minimum Gasteiger partial charge on any atom is -0.359 e. The van der Waals surface area contributed by atoms with Crippen molar-refractivity contribution in [2.45, 2.75) is 12.8 Å². The van der Waals surface area contributed by atoms with E-state index in [0.29, 0.717) is 31.5 Å². The highest BCUT2D eigenvalue weighted by Crippen LogP contribution is 2.23. The van der Waals surface area contributed by atoms with Gasteiger partial charge >= 0.3 is 0 Å². The maximum absolute atomic E-state index is 12.9. The van der Waals surface area contributed by atoms with Crippen LogP contribution in [-0.2, 0) is 4.79 Å². The van der Waals surface area contributed by atoms with Crippen LogP contribution in [0.2, 0.25) is 0 Å². The van der Waals surface area contributed by atoms with Crippen LogP contribution >= 0.6 is 0 Å². The molecule has 0 radical (unpaired) electrons. The standard InChI is InChI=1S/C21H22N4O2/c1-22-20(26)15-9-11-25(12-10-15)21(27)16-7-8-17-18(13-16)24-19(23-17)14-5-3-2-4-6-14/h2-8,13,15H,9-12H2,1H3,(H,22,26)(H,23,24). The van der Waals surface area contributed by atoms with Crippen molar-refractivity contribution in [1.82, 2.24) is 20.2 Å². The highest BCUT2D eigenvalue weighted by Gasteiger charge is 2.27. The van der Waals surface area contributed by atoms with Crippen molar-refractivity contribution in [3.05, 3.63) is 54.1 Å². The van der Waals surface area contributed by atoms with Crippen molar-refractivity contribution in [1.29, 1.82) is 0 Å². The lowest BCUT2D eigenvalue weighted by atomic mass is 9.95. The monoisotopic (exact) mass is 362 g/mol. The normalized spacial score (nSPS) is 15.1. The quantitative estimate of drug-likeness (QED) is 0.752. The third-order valence-corrected chi connectivity index (χ3v) is 5.18. The topological polar surface area (TPSA) is 78.1 Å². The number of aromatic nitrogens is 2. The van der Waals surface area contributed by atoms with Gasteiger partial charge in [0.1, 0.15) is 5.82 Å². The lowest BCUT2D eigenvalue weighted by molar-refractivity contribution is -0.125. The Bertz CT molecular complexity index is 972. The van der Waals surface area contributed by atoms with Crippen LogP contribution in [0.15, 0.2) is 48.5 Å². The summed E-state index contributed by atoms with van der Waals surface area (Å²) in [6.07, 6.45) is 1.41. The number of benzene rings is 2. The molecule has 1 aliphatic heterocycles. The van der Waals surface area contributed by atoms with E-state index in [1.165, 1.54) is 0 Å². The third-order valence-electron chi connectivity index (χ3n) is 5.18. The Morgan fingerprint density at radius 3 is 2.56 bits per heavy atom. The molecule has 2 aromatic carbocycles. The maximum atomic E-state index is 12.9. The Balaban J connectivity index is 1.52. The van der Waals surface area contributed by atoms with Gasteiger partial charge in [0, 0.05) is 37.2 Å². The summed E-state index contributed by atoms with van der Waals surface area (Å²) in [5.41, 5.74) is 3.34. The molecule has 27 heavy (non-hydrogen) atoms. The number of amides is 2. The van der Waals surface area contributed by atoms with Crippen LogP contribution in [0.25, 0.3) is 22.4 Å². The van der Waals surface area contributed by atoms with Gasteiger partial charge < -0.3 is 15.2 Å². The number of likely N-dealkylation sites (tertiary alicyclic amines) is 1. The SMILES string of the molecule is CNC(=O)C1CCN(C(=O)c2ccc3nc(-c4ccccc4)[nH]c3c2)CC1. The molecule has 2 amide bonds. The molecule has 1 aliphatic rings. The molecule has 0 bridgehead atoms. The van der Waals surface area contributed by atoms with Gasteiger partial charge in [-0.05, 0) is 31.0 Å². The number of carbonyl (C=O) groups is 2. The zero-order valence-electron chi connectivity index (χ0n) is 15.2. The number of nitrogens with zero attached hydrogens (tertiary/aromatic N) is 2. The van der Waals surface area contributed by atoms with Crippen LogP contribution in [0.1, 0.15) is 23.2 Å². The van der Waals surface area contributed by atoms with E-state index in [2.05, 4.69) is 15.3 Å². The second-order valence-electron chi connectivity index (χ2n) is 6.86. The molecule has 0 unspecified atom stereocenters. The lowest BCUT2D eigenvalue weighted by Gasteiger charge is -2.31. The fraction of sp³-hybridized carbons (Fsp3) is 0.286. The molecule has 4 rings (SSSR count). The summed E-state index contributed by atoms with van der Waals surface area (Å²) in [5.74, 6) is 0.863. The van der Waals surface area contributed by atoms with Gasteiger partial charge in [-0.2, -0.15) is 0 Å². The number of fused-ring (bicyclic) bond motifs is 1. The summed E-state index contributed by atoms with van der Waals surface area (Å²) in [6.45, 7) is 1.21. The Kier molecular flexibility index (Phi) is 4.62. The van der Waals surface area contributed by atoms with Crippen molar-refractivity contribution in [3.63, 3.8) is 0 Å². The lowest BCUT2D eigenvalue weighted by Crippen LogP contribution is -2.42. The molecule has 6 heteroatoms. The Hall–Kier alpha value is -3.15. The van der Waals surface area contributed by atoms with Crippen molar-refractivity contribution >= 4 is 22.8 Å². The first kappa shape index (κ1) is 17.3. The molecule has 1 aromatic heterocycles. The number of imidazole rings is 1. The van der Waals surface area contributed by atoms with Gasteiger partial charge in [-0.3, -0.25) is 9.59 Å². The van der Waals surface area contributed by atoms with Crippen LogP contribution in [0.5, 0.6) is 0 Å². The number of rotatable bonds is 3. The minimum atomic E-state index is 0.00238. The van der Waals surface area contributed by atoms with Gasteiger partial charge in [-0.25, -0.2) is 4.98 Å². The first-order valence-corrected chi connectivity index (χ1v) is 9.22. The average molecular weight is 362 g/mol. The minimum absolute atomic E-state index is 0.00238. The van der Waals surface area contributed by atoms with Crippen LogP contribution in [0.3, 0.4) is 0 Å². The number of H-pyrrole nitrogens is 1. The zero-order chi connectivity index (χ0) is 18.8. The fourth-order valence-electron chi connectivity index (χ4n) is 3.61. The van der Waals surface area contributed by atoms with Gasteiger partial charge in [0.2, 0.25) is 5.91 Å². The van der Waals surface area contributed by atoms with Gasteiger partial charge in [0.25, 0.3) is 5.91 Å². The van der Waals surface area contributed by atoms with E-state index in [1.807, 2.05) is 53.4 Å². The van der Waals surface area contributed by atoms with Gasteiger partial charge in [0.15, 0.2) is 0 Å². The predicted molar refractivity (Wildman–Crippen MR) is 104 cm³/mol. The molecule has 1 fully saturated rings. The molecule has 0 aliphatic carbocycles. The van der Waals surface area contributed by atoms with Crippen LogP contribution in [-0.4, -0.2) is 46.8 Å². The number of carbonyl (C=O) groups excluding carboxylic acids is 2. The van der Waals surface area contributed by atoms with Crippen LogP contribution in [0, 0.1) is 5.92 Å². The molecule has 2 N–H and O–H groups in total. The highest BCUT2D eigenvalue weighted by molar-refractivity contribution is 5.98. The number of aromatic amines is 1. The van der Waals surface area contributed by atoms with E-state index in [4.69, 9.17) is 0 Å². The van der Waals surface area contributed by atoms with Gasteiger partial charge in [-0.1, -0.05) is 30.3 Å². The molecule has 0 spiro atoms. The zero-order valence-corrected chi connectivity index (χ0v) is 15.2. The van der Waals surface area contributed by atoms with Crippen molar-refractivity contribution in [3.8, 4) is 11.4 Å². The molecule has 0 saturated carbocycles. The second kappa shape index (κ2) is 7.23. The summed E-state index contributed by atoms with van der Waals surface area (Å²) in [4.78, 5) is 34.4. The fourth-order valence-corrected chi connectivity index (χ4v) is 3.61. The molecule has 0 atom stereocenters. The molecule has 3 aromatic rings. The van der Waals surface area contributed by atoms with E-state index < -0.39 is 0 Å². The molecule has 1 saturated heterocycles. The molecule has 2 heterocycles. The maximum Gasteiger partial charge on any atom is 0.253 e. The van der Waals surface area contributed by atoms with Gasteiger partial charge in [0.05, 0.1) is 11.0 Å². The number of hydrogen-bond donors (Lipinski definition) is 2. The van der Waals surface area contributed by atoms with E-state index >= 15 is 0 Å². The average Bonchev–Trinajstić information content (AvgIpc) is 3.17. The molecular formula is C21H22N4O2. The summed E-state index contributed by atoms with van der Waals surface area (Å²) in [7, 11) is 1.66. The molecule has 6 nitrogen and oxygen atoms in total. The first-order chi connectivity index (χ1) is 13.2. The highest BCUT2D eigenvalue weighted by atomic mass is 16.2. The van der Waals surface area contributed by atoms with Crippen LogP contribution < -0.4 is 5.32 Å². The van der Waals surface area contributed by atoms with Gasteiger partial charge in [-0.15, -0.1) is 0 Å². The van der Waals surface area contributed by atoms with Crippen molar-refractivity contribution < 1.29 is 9.59 Å². The number of nitrogens with one attached hydrogen (secondary N) is 2. The Morgan fingerprint density at radius 1 is 1.11 bits per heavy atom.